The highest BCUT2D eigenvalue weighted by molar-refractivity contribution is 7.89. The van der Waals surface area contributed by atoms with Crippen molar-refractivity contribution in [3.8, 4) is 0 Å². The van der Waals surface area contributed by atoms with Crippen molar-refractivity contribution in [3.63, 3.8) is 0 Å². The minimum absolute atomic E-state index is 0.0295. The number of rotatable bonds is 8. The Balaban J connectivity index is 2.80. The number of carbonyl (C=O) groups is 1. The van der Waals surface area contributed by atoms with Gasteiger partial charge in [-0.2, -0.15) is 4.31 Å². The Kier molecular flexibility index (Phi) is 6.99. The molecule has 0 saturated heterocycles. The zero-order valence-corrected chi connectivity index (χ0v) is 14.2. The Hall–Kier alpha value is -1.44. The van der Waals surface area contributed by atoms with Crippen LogP contribution in [-0.4, -0.2) is 44.3 Å². The minimum atomic E-state index is -3.49. The second-order valence-corrected chi connectivity index (χ2v) is 7.07. The molecule has 0 aliphatic carbocycles. The van der Waals surface area contributed by atoms with Crippen molar-refractivity contribution in [2.24, 2.45) is 5.73 Å². The molecule has 0 aromatic heterocycles. The number of benzene rings is 1. The van der Waals surface area contributed by atoms with Crippen LogP contribution in [0.25, 0.3) is 0 Å². The maximum Gasteiger partial charge on any atom is 0.251 e. The van der Waals surface area contributed by atoms with Crippen LogP contribution in [0.1, 0.15) is 37.6 Å². The summed E-state index contributed by atoms with van der Waals surface area (Å²) in [6, 6.07) is 6.01. The number of hydrogen-bond acceptors (Lipinski definition) is 4. The first-order chi connectivity index (χ1) is 10.3. The van der Waals surface area contributed by atoms with Gasteiger partial charge in [-0.05, 0) is 37.6 Å². The van der Waals surface area contributed by atoms with Crippen molar-refractivity contribution in [2.45, 2.75) is 38.1 Å². The number of nitrogens with zero attached hydrogens (tertiary/aromatic N) is 1. The molecule has 0 spiro atoms. The van der Waals surface area contributed by atoms with Gasteiger partial charge in [0.05, 0.1) is 4.90 Å². The molecule has 0 saturated carbocycles. The van der Waals surface area contributed by atoms with Crippen LogP contribution in [0, 0.1) is 0 Å². The molecule has 0 bridgehead atoms. The van der Waals surface area contributed by atoms with Gasteiger partial charge in [0, 0.05) is 31.2 Å². The van der Waals surface area contributed by atoms with Crippen molar-refractivity contribution in [3.05, 3.63) is 29.8 Å². The lowest BCUT2D eigenvalue weighted by molar-refractivity contribution is 0.0952. The SMILES string of the molecule is CCN(CC)S(=O)(=O)c1ccc(C(=O)NCCC(C)N)cc1. The smallest absolute Gasteiger partial charge is 0.251 e. The van der Waals surface area contributed by atoms with Crippen LogP contribution in [-0.2, 0) is 10.0 Å². The number of nitrogens with two attached hydrogens (primary N) is 1. The Labute approximate surface area is 132 Å². The first-order valence-corrected chi connectivity index (χ1v) is 8.90. The van der Waals surface area contributed by atoms with Crippen molar-refractivity contribution < 1.29 is 13.2 Å². The summed E-state index contributed by atoms with van der Waals surface area (Å²) >= 11 is 0. The average Bonchev–Trinajstić information content (AvgIpc) is 2.48. The van der Waals surface area contributed by atoms with Gasteiger partial charge in [0.2, 0.25) is 10.0 Å². The number of nitrogens with one attached hydrogen (secondary N) is 1. The summed E-state index contributed by atoms with van der Waals surface area (Å²) in [5, 5.41) is 2.75. The van der Waals surface area contributed by atoms with Gasteiger partial charge in [0.1, 0.15) is 0 Å². The van der Waals surface area contributed by atoms with E-state index in [1.165, 1.54) is 28.6 Å². The van der Waals surface area contributed by atoms with Gasteiger partial charge in [-0.1, -0.05) is 13.8 Å². The number of sulfonamides is 1. The fourth-order valence-corrected chi connectivity index (χ4v) is 3.46. The maximum atomic E-state index is 12.3. The monoisotopic (exact) mass is 327 g/mol. The van der Waals surface area contributed by atoms with Crippen LogP contribution >= 0.6 is 0 Å². The quantitative estimate of drug-likeness (QED) is 0.750. The van der Waals surface area contributed by atoms with Crippen LogP contribution in [0.4, 0.5) is 0 Å². The van der Waals surface area contributed by atoms with Gasteiger partial charge >= 0.3 is 0 Å². The number of amides is 1. The molecule has 6 nitrogen and oxygen atoms in total. The van der Waals surface area contributed by atoms with Gasteiger partial charge in [0.25, 0.3) is 5.91 Å². The molecule has 3 N–H and O–H groups in total. The normalized spacial score (nSPS) is 13.1. The molecule has 1 aromatic rings. The Morgan fingerprint density at radius 3 is 2.23 bits per heavy atom. The second kappa shape index (κ2) is 8.26. The highest BCUT2D eigenvalue weighted by atomic mass is 32.2. The summed E-state index contributed by atoms with van der Waals surface area (Å²) in [6.07, 6.45) is 0.695. The fraction of sp³-hybridized carbons (Fsp3) is 0.533. The van der Waals surface area contributed by atoms with Crippen LogP contribution in [0.15, 0.2) is 29.2 Å². The average molecular weight is 327 g/mol. The standard InChI is InChI=1S/C15H25N3O3S/c1-4-18(5-2)22(20,21)14-8-6-13(7-9-14)15(19)17-11-10-12(3)16/h6-9,12H,4-5,10-11,16H2,1-3H3,(H,17,19). The molecule has 1 amide bonds. The molecule has 0 aliphatic rings. The Bertz CT molecular complexity index is 579. The van der Waals surface area contributed by atoms with E-state index in [4.69, 9.17) is 5.73 Å². The third-order valence-corrected chi connectivity index (χ3v) is 5.41. The highest BCUT2D eigenvalue weighted by Gasteiger charge is 2.21. The third kappa shape index (κ3) is 4.79. The van der Waals surface area contributed by atoms with Gasteiger partial charge in [-0.3, -0.25) is 4.79 Å². The topological polar surface area (TPSA) is 92.5 Å². The molecule has 1 unspecified atom stereocenters. The molecule has 0 radical (unpaired) electrons. The summed E-state index contributed by atoms with van der Waals surface area (Å²) in [6.45, 7) is 6.79. The van der Waals surface area contributed by atoms with E-state index in [0.717, 1.165) is 0 Å². The largest absolute Gasteiger partial charge is 0.352 e. The van der Waals surface area contributed by atoms with E-state index in [2.05, 4.69) is 5.32 Å². The summed E-state index contributed by atoms with van der Waals surface area (Å²) in [7, 11) is -3.49. The lowest BCUT2D eigenvalue weighted by Gasteiger charge is -2.18. The van der Waals surface area contributed by atoms with E-state index in [9.17, 15) is 13.2 Å². The molecular weight excluding hydrogens is 302 g/mol. The van der Waals surface area contributed by atoms with Crippen molar-refractivity contribution in [1.29, 1.82) is 0 Å². The Morgan fingerprint density at radius 1 is 1.23 bits per heavy atom. The van der Waals surface area contributed by atoms with E-state index in [1.807, 2.05) is 6.92 Å². The van der Waals surface area contributed by atoms with Gasteiger partial charge < -0.3 is 11.1 Å². The van der Waals surface area contributed by atoms with E-state index < -0.39 is 10.0 Å². The predicted molar refractivity (Wildman–Crippen MR) is 87.1 cm³/mol. The number of hydrogen-bond donors (Lipinski definition) is 2. The highest BCUT2D eigenvalue weighted by Crippen LogP contribution is 2.16. The zero-order chi connectivity index (χ0) is 16.8. The summed E-state index contributed by atoms with van der Waals surface area (Å²) in [5.74, 6) is -0.229. The minimum Gasteiger partial charge on any atom is -0.352 e. The molecule has 22 heavy (non-hydrogen) atoms. The molecular formula is C15H25N3O3S. The second-order valence-electron chi connectivity index (χ2n) is 5.14. The van der Waals surface area contributed by atoms with Crippen LogP contribution in [0.5, 0.6) is 0 Å². The molecule has 1 atom stereocenters. The number of carbonyl (C=O) groups excluding carboxylic acids is 1. The molecule has 0 aliphatic heterocycles. The molecule has 1 aromatic carbocycles. The first kappa shape index (κ1) is 18.6. The predicted octanol–water partition coefficient (Wildman–Crippen LogP) is 1.18. The van der Waals surface area contributed by atoms with Gasteiger partial charge in [-0.15, -0.1) is 0 Å². The summed E-state index contributed by atoms with van der Waals surface area (Å²) in [5.41, 5.74) is 6.05. The van der Waals surface area contributed by atoms with E-state index in [-0.39, 0.29) is 16.8 Å². The lowest BCUT2D eigenvalue weighted by atomic mass is 10.2. The maximum absolute atomic E-state index is 12.3. The molecule has 124 valence electrons. The third-order valence-electron chi connectivity index (χ3n) is 3.34. The fourth-order valence-electron chi connectivity index (χ4n) is 2.01. The van der Waals surface area contributed by atoms with Crippen LogP contribution in [0.3, 0.4) is 0 Å². The molecule has 1 rings (SSSR count). The zero-order valence-electron chi connectivity index (χ0n) is 13.4. The van der Waals surface area contributed by atoms with Crippen molar-refractivity contribution in [1.82, 2.24) is 9.62 Å². The summed E-state index contributed by atoms with van der Waals surface area (Å²) < 4.78 is 26.0. The molecule has 7 heteroatoms. The molecule has 0 fully saturated rings. The van der Waals surface area contributed by atoms with Crippen molar-refractivity contribution in [2.75, 3.05) is 19.6 Å². The van der Waals surface area contributed by atoms with E-state index >= 15 is 0 Å². The molecule has 0 heterocycles. The summed E-state index contributed by atoms with van der Waals surface area (Å²) in [4.78, 5) is 12.1. The van der Waals surface area contributed by atoms with Crippen molar-refractivity contribution >= 4 is 15.9 Å². The van der Waals surface area contributed by atoms with Crippen LogP contribution < -0.4 is 11.1 Å². The van der Waals surface area contributed by atoms with Gasteiger partial charge in [0.15, 0.2) is 0 Å². The Morgan fingerprint density at radius 2 is 1.77 bits per heavy atom. The van der Waals surface area contributed by atoms with Crippen LogP contribution in [0.2, 0.25) is 0 Å². The lowest BCUT2D eigenvalue weighted by Crippen LogP contribution is -2.31. The van der Waals surface area contributed by atoms with E-state index in [1.54, 1.807) is 13.8 Å². The first-order valence-electron chi connectivity index (χ1n) is 7.46. The van der Waals surface area contributed by atoms with E-state index in [0.29, 0.717) is 31.6 Å². The van der Waals surface area contributed by atoms with Gasteiger partial charge in [-0.25, -0.2) is 8.42 Å².